The SMILES string of the molecule is Cc1cccc(NC(=O)N2CCCC(C(=O)Nc3nc4ccc(C)cc4s3)C2)c1. The minimum absolute atomic E-state index is 0.0752. The van der Waals surface area contributed by atoms with Crippen LogP contribution in [0.15, 0.2) is 42.5 Å². The van der Waals surface area contributed by atoms with Gasteiger partial charge < -0.3 is 15.5 Å². The third-order valence-corrected chi connectivity index (χ3v) is 6.06. The molecule has 7 heteroatoms. The zero-order chi connectivity index (χ0) is 20.4. The largest absolute Gasteiger partial charge is 0.324 e. The molecule has 3 amide bonds. The lowest BCUT2D eigenvalue weighted by Crippen LogP contribution is -2.45. The molecule has 0 spiro atoms. The van der Waals surface area contributed by atoms with Crippen LogP contribution in [-0.2, 0) is 4.79 Å². The molecule has 1 aliphatic heterocycles. The normalized spacial score (nSPS) is 16.6. The highest BCUT2D eigenvalue weighted by Crippen LogP contribution is 2.28. The Labute approximate surface area is 173 Å². The van der Waals surface area contributed by atoms with Crippen molar-refractivity contribution in [3.63, 3.8) is 0 Å². The lowest BCUT2D eigenvalue weighted by molar-refractivity contribution is -0.121. The van der Waals surface area contributed by atoms with Gasteiger partial charge in [-0.1, -0.05) is 29.5 Å². The summed E-state index contributed by atoms with van der Waals surface area (Å²) in [5.74, 6) is -0.311. The number of carbonyl (C=O) groups excluding carboxylic acids is 2. The van der Waals surface area contributed by atoms with Crippen LogP contribution in [0.25, 0.3) is 10.2 Å². The Morgan fingerprint density at radius 2 is 1.93 bits per heavy atom. The van der Waals surface area contributed by atoms with Gasteiger partial charge in [0.15, 0.2) is 5.13 Å². The van der Waals surface area contributed by atoms with E-state index >= 15 is 0 Å². The number of nitrogens with one attached hydrogen (secondary N) is 2. The van der Waals surface area contributed by atoms with E-state index in [0.717, 1.165) is 34.3 Å². The van der Waals surface area contributed by atoms with Gasteiger partial charge in [-0.2, -0.15) is 0 Å². The second-order valence-electron chi connectivity index (χ2n) is 7.56. The number of rotatable bonds is 3. The first-order valence-electron chi connectivity index (χ1n) is 9.78. The molecule has 1 saturated heterocycles. The van der Waals surface area contributed by atoms with E-state index in [9.17, 15) is 9.59 Å². The summed E-state index contributed by atoms with van der Waals surface area (Å²) in [6.07, 6.45) is 1.57. The first-order chi connectivity index (χ1) is 14.0. The van der Waals surface area contributed by atoms with Crippen LogP contribution in [0.2, 0.25) is 0 Å². The number of carbonyl (C=O) groups is 2. The summed E-state index contributed by atoms with van der Waals surface area (Å²) < 4.78 is 1.06. The van der Waals surface area contributed by atoms with Gasteiger partial charge in [0.05, 0.1) is 16.1 Å². The summed E-state index contributed by atoms with van der Waals surface area (Å²) in [6.45, 7) is 5.09. The zero-order valence-corrected chi connectivity index (χ0v) is 17.4. The molecule has 2 aromatic carbocycles. The van der Waals surface area contributed by atoms with E-state index in [1.807, 2.05) is 50.2 Å². The molecule has 150 valence electrons. The van der Waals surface area contributed by atoms with E-state index in [-0.39, 0.29) is 17.9 Å². The number of fused-ring (bicyclic) bond motifs is 1. The van der Waals surface area contributed by atoms with Crippen molar-refractivity contribution >= 4 is 44.3 Å². The van der Waals surface area contributed by atoms with Crippen molar-refractivity contribution in [2.75, 3.05) is 23.7 Å². The smallest absolute Gasteiger partial charge is 0.321 e. The number of anilines is 2. The Hall–Kier alpha value is -2.93. The highest BCUT2D eigenvalue weighted by Gasteiger charge is 2.29. The Balaban J connectivity index is 1.39. The molecule has 3 aromatic rings. The van der Waals surface area contributed by atoms with E-state index in [1.54, 1.807) is 4.90 Å². The summed E-state index contributed by atoms with van der Waals surface area (Å²) in [6, 6.07) is 13.6. The van der Waals surface area contributed by atoms with E-state index in [1.165, 1.54) is 16.9 Å². The van der Waals surface area contributed by atoms with E-state index in [4.69, 9.17) is 0 Å². The molecule has 0 aliphatic carbocycles. The maximum Gasteiger partial charge on any atom is 0.321 e. The van der Waals surface area contributed by atoms with Crippen molar-refractivity contribution in [3.05, 3.63) is 53.6 Å². The van der Waals surface area contributed by atoms with Gasteiger partial charge in [0.25, 0.3) is 0 Å². The van der Waals surface area contributed by atoms with Crippen molar-refractivity contribution in [1.29, 1.82) is 0 Å². The molecule has 29 heavy (non-hydrogen) atoms. The molecule has 1 aliphatic rings. The van der Waals surface area contributed by atoms with Crippen LogP contribution in [-0.4, -0.2) is 34.9 Å². The van der Waals surface area contributed by atoms with Crippen molar-refractivity contribution in [3.8, 4) is 0 Å². The first-order valence-corrected chi connectivity index (χ1v) is 10.6. The third-order valence-electron chi connectivity index (χ3n) is 5.12. The summed E-state index contributed by atoms with van der Waals surface area (Å²) >= 11 is 1.48. The van der Waals surface area contributed by atoms with Gasteiger partial charge in [0.2, 0.25) is 5.91 Å². The average Bonchev–Trinajstić information content (AvgIpc) is 3.09. The molecule has 0 saturated carbocycles. The highest BCUT2D eigenvalue weighted by atomic mass is 32.1. The Bertz CT molecular complexity index is 1060. The quantitative estimate of drug-likeness (QED) is 0.654. The van der Waals surface area contributed by atoms with Crippen LogP contribution in [0, 0.1) is 19.8 Å². The molecule has 1 aromatic heterocycles. The number of hydrogen-bond donors (Lipinski definition) is 2. The van der Waals surface area contributed by atoms with Crippen molar-refractivity contribution in [2.24, 2.45) is 5.92 Å². The number of aryl methyl sites for hydroxylation is 2. The van der Waals surface area contributed by atoms with Crippen LogP contribution in [0.4, 0.5) is 15.6 Å². The molecule has 0 bridgehead atoms. The molecule has 4 rings (SSSR count). The molecular weight excluding hydrogens is 384 g/mol. The maximum absolute atomic E-state index is 12.8. The number of amides is 3. The third kappa shape index (κ3) is 4.56. The molecule has 0 radical (unpaired) electrons. The lowest BCUT2D eigenvalue weighted by atomic mass is 9.97. The summed E-state index contributed by atoms with van der Waals surface area (Å²) in [5, 5.41) is 6.49. The van der Waals surface area contributed by atoms with E-state index in [0.29, 0.717) is 18.2 Å². The predicted molar refractivity (Wildman–Crippen MR) is 117 cm³/mol. The molecule has 1 fully saturated rings. The first kappa shape index (κ1) is 19.4. The minimum atomic E-state index is -0.235. The fraction of sp³-hybridized carbons (Fsp3) is 0.318. The molecule has 1 atom stereocenters. The van der Waals surface area contributed by atoms with Crippen molar-refractivity contribution in [2.45, 2.75) is 26.7 Å². The van der Waals surface area contributed by atoms with Crippen LogP contribution >= 0.6 is 11.3 Å². The van der Waals surface area contributed by atoms with E-state index in [2.05, 4.69) is 21.7 Å². The van der Waals surface area contributed by atoms with Gasteiger partial charge in [-0.25, -0.2) is 9.78 Å². The van der Waals surface area contributed by atoms with Gasteiger partial charge in [0.1, 0.15) is 0 Å². The molecule has 1 unspecified atom stereocenters. The monoisotopic (exact) mass is 408 g/mol. The standard InChI is InChI=1S/C22H24N4O2S/c1-14-5-3-7-17(11-14)23-22(28)26-10-4-6-16(13-26)20(27)25-21-24-18-9-8-15(2)12-19(18)29-21/h3,5,7-9,11-12,16H,4,6,10,13H2,1-2H3,(H,23,28)(H,24,25,27). The summed E-state index contributed by atoms with van der Waals surface area (Å²) in [7, 11) is 0. The van der Waals surface area contributed by atoms with Crippen LogP contribution < -0.4 is 10.6 Å². The number of hydrogen-bond acceptors (Lipinski definition) is 4. The maximum atomic E-state index is 12.8. The van der Waals surface area contributed by atoms with Gasteiger partial charge >= 0.3 is 6.03 Å². The van der Waals surface area contributed by atoms with Gasteiger partial charge in [0, 0.05) is 18.8 Å². The molecule has 2 N–H and O–H groups in total. The van der Waals surface area contributed by atoms with Gasteiger partial charge in [-0.05, 0) is 62.1 Å². The number of nitrogens with zero attached hydrogens (tertiary/aromatic N) is 2. The predicted octanol–water partition coefficient (Wildman–Crippen LogP) is 4.80. The molecule has 6 nitrogen and oxygen atoms in total. The Kier molecular flexibility index (Phi) is 5.49. The fourth-order valence-corrected chi connectivity index (χ4v) is 4.56. The van der Waals surface area contributed by atoms with Crippen LogP contribution in [0.5, 0.6) is 0 Å². The minimum Gasteiger partial charge on any atom is -0.324 e. The number of urea groups is 1. The second-order valence-corrected chi connectivity index (χ2v) is 8.59. The Morgan fingerprint density at radius 1 is 1.10 bits per heavy atom. The Morgan fingerprint density at radius 3 is 2.76 bits per heavy atom. The van der Waals surface area contributed by atoms with E-state index < -0.39 is 0 Å². The summed E-state index contributed by atoms with van der Waals surface area (Å²) in [4.78, 5) is 31.6. The number of piperidine rings is 1. The van der Waals surface area contributed by atoms with Crippen molar-refractivity contribution < 1.29 is 9.59 Å². The molecular formula is C22H24N4O2S. The van der Waals surface area contributed by atoms with Gasteiger partial charge in [-0.15, -0.1) is 0 Å². The fourth-order valence-electron chi connectivity index (χ4n) is 3.59. The average molecular weight is 409 g/mol. The highest BCUT2D eigenvalue weighted by molar-refractivity contribution is 7.22. The second kappa shape index (κ2) is 8.21. The van der Waals surface area contributed by atoms with Crippen molar-refractivity contribution in [1.82, 2.24) is 9.88 Å². The topological polar surface area (TPSA) is 74.3 Å². The van der Waals surface area contributed by atoms with Crippen LogP contribution in [0.3, 0.4) is 0 Å². The number of benzene rings is 2. The van der Waals surface area contributed by atoms with Gasteiger partial charge in [-0.3, -0.25) is 4.79 Å². The number of likely N-dealkylation sites (tertiary alicyclic amines) is 1. The zero-order valence-electron chi connectivity index (χ0n) is 16.6. The number of aromatic nitrogens is 1. The summed E-state index contributed by atoms with van der Waals surface area (Å²) in [5.41, 5.74) is 3.91. The molecule has 2 heterocycles. The lowest BCUT2D eigenvalue weighted by Gasteiger charge is -2.31. The van der Waals surface area contributed by atoms with Crippen LogP contribution in [0.1, 0.15) is 24.0 Å². The number of thiazole rings is 1.